The van der Waals surface area contributed by atoms with Crippen molar-refractivity contribution in [1.29, 1.82) is 0 Å². The molecule has 4 rings (SSSR count). The van der Waals surface area contributed by atoms with Crippen LogP contribution in [-0.4, -0.2) is 29.2 Å². The normalized spacial score (nSPS) is 13.7. The predicted molar refractivity (Wildman–Crippen MR) is 132 cm³/mol. The maximum absolute atomic E-state index is 13.2. The number of carbonyl (C=O) groups excluding carboxylic acids is 3. The lowest BCUT2D eigenvalue weighted by atomic mass is 10.2. The molecule has 0 spiro atoms. The van der Waals surface area contributed by atoms with Gasteiger partial charge in [-0.15, -0.1) is 0 Å². The maximum Gasteiger partial charge on any atom is 0.291 e. The first-order chi connectivity index (χ1) is 16.3. The van der Waals surface area contributed by atoms with E-state index in [1.54, 1.807) is 30.3 Å². The molecule has 2 aromatic carbocycles. The number of nitrogens with one attached hydrogen (secondary N) is 2. The second-order valence-electron chi connectivity index (χ2n) is 8.37. The second kappa shape index (κ2) is 10.0. The number of amides is 3. The molecule has 0 atom stereocenters. The summed E-state index contributed by atoms with van der Waals surface area (Å²) in [7, 11) is 0. The van der Waals surface area contributed by atoms with Crippen LogP contribution in [0.25, 0.3) is 0 Å². The van der Waals surface area contributed by atoms with Crippen molar-refractivity contribution in [3.05, 3.63) is 88.9 Å². The summed E-state index contributed by atoms with van der Waals surface area (Å²) in [4.78, 5) is 41.0. The standard InChI is InChI=1S/C26H25N3O4S/c1-16(2)15-29-25(31)22(27-18-11-9-17(3)10-12-18)23(26(29)32)34-20-7-4-6-19(14-20)28-24(30)21-8-5-13-33-21/h4-14,16,27H,15H2,1-3H3,(H,28,30). The molecular formula is C26H25N3O4S. The molecule has 3 aromatic rings. The molecule has 1 aliphatic rings. The van der Waals surface area contributed by atoms with Crippen molar-refractivity contribution in [2.75, 3.05) is 17.2 Å². The monoisotopic (exact) mass is 475 g/mol. The van der Waals surface area contributed by atoms with Gasteiger partial charge in [-0.05, 0) is 55.3 Å². The number of benzene rings is 2. The van der Waals surface area contributed by atoms with Crippen LogP contribution in [0.15, 0.2) is 86.8 Å². The van der Waals surface area contributed by atoms with E-state index in [-0.39, 0.29) is 35.1 Å². The minimum atomic E-state index is -0.372. The molecule has 0 saturated carbocycles. The van der Waals surface area contributed by atoms with E-state index in [1.807, 2.05) is 51.1 Å². The minimum absolute atomic E-state index is 0.137. The topological polar surface area (TPSA) is 91.7 Å². The van der Waals surface area contributed by atoms with Crippen LogP contribution in [0.5, 0.6) is 0 Å². The third-order valence-corrected chi connectivity index (χ3v) is 6.12. The van der Waals surface area contributed by atoms with Crippen molar-refractivity contribution in [2.45, 2.75) is 25.7 Å². The third kappa shape index (κ3) is 5.23. The molecule has 0 aliphatic carbocycles. The molecular weight excluding hydrogens is 450 g/mol. The molecule has 1 aliphatic heterocycles. The van der Waals surface area contributed by atoms with Gasteiger partial charge in [-0.1, -0.05) is 49.4 Å². The lowest BCUT2D eigenvalue weighted by Crippen LogP contribution is -2.35. The SMILES string of the molecule is Cc1ccc(NC2=C(Sc3cccc(NC(=O)c4ccco4)c3)C(=O)N(CC(C)C)C2=O)cc1. The number of rotatable bonds is 8. The van der Waals surface area contributed by atoms with Crippen LogP contribution in [0.3, 0.4) is 0 Å². The summed E-state index contributed by atoms with van der Waals surface area (Å²) in [5.74, 6) is -0.708. The lowest BCUT2D eigenvalue weighted by molar-refractivity contribution is -0.137. The van der Waals surface area contributed by atoms with Crippen LogP contribution in [0.2, 0.25) is 0 Å². The zero-order chi connectivity index (χ0) is 24.2. The first-order valence-corrected chi connectivity index (χ1v) is 11.7. The summed E-state index contributed by atoms with van der Waals surface area (Å²) in [5, 5.41) is 5.93. The van der Waals surface area contributed by atoms with Gasteiger partial charge < -0.3 is 15.1 Å². The Balaban J connectivity index is 1.61. The van der Waals surface area contributed by atoms with Gasteiger partial charge in [-0.25, -0.2) is 0 Å². The number of carbonyl (C=O) groups is 3. The highest BCUT2D eigenvalue weighted by Gasteiger charge is 2.39. The molecule has 1 aromatic heterocycles. The molecule has 2 N–H and O–H groups in total. The molecule has 2 heterocycles. The summed E-state index contributed by atoms with van der Waals surface area (Å²) in [6.07, 6.45) is 1.43. The molecule has 3 amide bonds. The number of thioether (sulfide) groups is 1. The van der Waals surface area contributed by atoms with E-state index in [0.717, 1.165) is 11.3 Å². The molecule has 0 fully saturated rings. The number of imide groups is 1. The van der Waals surface area contributed by atoms with Crippen molar-refractivity contribution >= 4 is 40.9 Å². The van der Waals surface area contributed by atoms with Gasteiger partial charge >= 0.3 is 0 Å². The fourth-order valence-electron chi connectivity index (χ4n) is 3.43. The summed E-state index contributed by atoms with van der Waals surface area (Å²) in [6.45, 7) is 6.24. The van der Waals surface area contributed by atoms with Crippen LogP contribution in [0, 0.1) is 12.8 Å². The number of aryl methyl sites for hydroxylation is 1. The molecule has 8 heteroatoms. The van der Waals surface area contributed by atoms with E-state index in [0.29, 0.717) is 22.0 Å². The highest BCUT2D eigenvalue weighted by Crippen LogP contribution is 2.37. The Morgan fingerprint density at radius 2 is 1.76 bits per heavy atom. The smallest absolute Gasteiger partial charge is 0.291 e. The quantitative estimate of drug-likeness (QED) is 0.431. The molecule has 34 heavy (non-hydrogen) atoms. The molecule has 0 saturated heterocycles. The van der Waals surface area contributed by atoms with Crippen LogP contribution in [0.1, 0.15) is 30.0 Å². The minimum Gasteiger partial charge on any atom is -0.459 e. The van der Waals surface area contributed by atoms with Gasteiger partial charge in [0, 0.05) is 22.8 Å². The van der Waals surface area contributed by atoms with Gasteiger partial charge in [0.15, 0.2) is 5.76 Å². The Hall–Kier alpha value is -3.78. The molecule has 0 unspecified atom stereocenters. The number of anilines is 2. The van der Waals surface area contributed by atoms with E-state index in [4.69, 9.17) is 4.42 Å². The van der Waals surface area contributed by atoms with Crippen molar-refractivity contribution in [3.63, 3.8) is 0 Å². The first-order valence-electron chi connectivity index (χ1n) is 10.9. The van der Waals surface area contributed by atoms with Crippen molar-refractivity contribution < 1.29 is 18.8 Å². The van der Waals surface area contributed by atoms with Crippen LogP contribution >= 0.6 is 11.8 Å². The number of nitrogens with zero attached hydrogens (tertiary/aromatic N) is 1. The van der Waals surface area contributed by atoms with Gasteiger partial charge in [-0.3, -0.25) is 19.3 Å². The van der Waals surface area contributed by atoms with E-state index < -0.39 is 0 Å². The van der Waals surface area contributed by atoms with Crippen LogP contribution in [-0.2, 0) is 9.59 Å². The Labute approximate surface area is 202 Å². The summed E-state index contributed by atoms with van der Waals surface area (Å²) >= 11 is 1.19. The maximum atomic E-state index is 13.2. The van der Waals surface area contributed by atoms with Gasteiger partial charge in [0.25, 0.3) is 17.7 Å². The third-order valence-electron chi connectivity index (χ3n) is 5.05. The van der Waals surface area contributed by atoms with E-state index >= 15 is 0 Å². The van der Waals surface area contributed by atoms with E-state index in [1.165, 1.54) is 22.9 Å². The molecule has 174 valence electrons. The van der Waals surface area contributed by atoms with Crippen molar-refractivity contribution in [1.82, 2.24) is 4.90 Å². The first kappa shape index (κ1) is 23.4. The summed E-state index contributed by atoms with van der Waals surface area (Å²) in [6, 6.07) is 17.9. The largest absolute Gasteiger partial charge is 0.459 e. The van der Waals surface area contributed by atoms with Gasteiger partial charge in [0.1, 0.15) is 10.6 Å². The predicted octanol–water partition coefficient (Wildman–Crippen LogP) is 5.28. The van der Waals surface area contributed by atoms with Crippen LogP contribution < -0.4 is 10.6 Å². The highest BCUT2D eigenvalue weighted by molar-refractivity contribution is 8.04. The number of furan rings is 1. The lowest BCUT2D eigenvalue weighted by Gasteiger charge is -2.17. The second-order valence-corrected chi connectivity index (χ2v) is 9.46. The average molecular weight is 476 g/mol. The van der Waals surface area contributed by atoms with Gasteiger partial charge in [0.05, 0.1) is 6.26 Å². The highest BCUT2D eigenvalue weighted by atomic mass is 32.2. The molecule has 0 bridgehead atoms. The summed E-state index contributed by atoms with van der Waals surface area (Å²) in [5.41, 5.74) is 2.63. The van der Waals surface area contributed by atoms with E-state index in [2.05, 4.69) is 10.6 Å². The van der Waals surface area contributed by atoms with Crippen LogP contribution in [0.4, 0.5) is 11.4 Å². The van der Waals surface area contributed by atoms with Crippen molar-refractivity contribution in [3.8, 4) is 0 Å². The molecule has 7 nitrogen and oxygen atoms in total. The number of hydrogen-bond donors (Lipinski definition) is 2. The van der Waals surface area contributed by atoms with Gasteiger partial charge in [-0.2, -0.15) is 0 Å². The van der Waals surface area contributed by atoms with Gasteiger partial charge in [0.2, 0.25) is 0 Å². The Bertz CT molecular complexity index is 1250. The fraction of sp³-hybridized carbons (Fsp3) is 0.192. The zero-order valence-corrected chi connectivity index (χ0v) is 19.9. The Morgan fingerprint density at radius 1 is 1.00 bits per heavy atom. The fourth-order valence-corrected chi connectivity index (χ4v) is 4.43. The number of hydrogen-bond acceptors (Lipinski definition) is 6. The zero-order valence-electron chi connectivity index (χ0n) is 19.1. The average Bonchev–Trinajstić information content (AvgIpc) is 3.41. The molecule has 0 radical (unpaired) electrons. The summed E-state index contributed by atoms with van der Waals surface area (Å²) < 4.78 is 5.13. The van der Waals surface area contributed by atoms with Crippen molar-refractivity contribution in [2.24, 2.45) is 5.92 Å². The Morgan fingerprint density at radius 3 is 2.44 bits per heavy atom. The van der Waals surface area contributed by atoms with E-state index in [9.17, 15) is 14.4 Å². The Kier molecular flexibility index (Phi) is 6.88.